The SMILES string of the molecule is O=C(CC1CS(=O)(=O)CCN1)Nc1nc2ccccc2s1. The number of aromatic nitrogens is 1. The highest BCUT2D eigenvalue weighted by Crippen LogP contribution is 2.25. The zero-order valence-corrected chi connectivity index (χ0v) is 12.8. The minimum atomic E-state index is -3.03. The number of carbonyl (C=O) groups excluding carboxylic acids is 1. The van der Waals surface area contributed by atoms with Crippen molar-refractivity contribution in [2.45, 2.75) is 12.5 Å². The van der Waals surface area contributed by atoms with E-state index < -0.39 is 9.84 Å². The van der Waals surface area contributed by atoms with Gasteiger partial charge in [-0.3, -0.25) is 4.79 Å². The fourth-order valence-corrected chi connectivity index (χ4v) is 4.64. The van der Waals surface area contributed by atoms with Crippen LogP contribution in [0.1, 0.15) is 6.42 Å². The first-order valence-electron chi connectivity index (χ1n) is 6.61. The van der Waals surface area contributed by atoms with Crippen molar-refractivity contribution in [3.05, 3.63) is 24.3 Å². The third kappa shape index (κ3) is 3.58. The summed E-state index contributed by atoms with van der Waals surface area (Å²) in [5.74, 6) is -0.0628. The van der Waals surface area contributed by atoms with Crippen molar-refractivity contribution in [2.24, 2.45) is 0 Å². The van der Waals surface area contributed by atoms with Crippen molar-refractivity contribution in [3.8, 4) is 0 Å². The number of anilines is 1. The molecule has 3 rings (SSSR count). The molecule has 2 N–H and O–H groups in total. The first kappa shape index (κ1) is 14.4. The lowest BCUT2D eigenvalue weighted by molar-refractivity contribution is -0.116. The number of thiazole rings is 1. The zero-order chi connectivity index (χ0) is 14.9. The number of fused-ring (bicyclic) bond motifs is 1. The second kappa shape index (κ2) is 5.70. The Morgan fingerprint density at radius 2 is 2.24 bits per heavy atom. The van der Waals surface area contributed by atoms with Crippen LogP contribution in [0.5, 0.6) is 0 Å². The van der Waals surface area contributed by atoms with Crippen molar-refractivity contribution >= 4 is 42.4 Å². The molecule has 0 saturated carbocycles. The van der Waals surface area contributed by atoms with Gasteiger partial charge in [0.1, 0.15) is 0 Å². The van der Waals surface area contributed by atoms with Crippen LogP contribution in [0.2, 0.25) is 0 Å². The van der Waals surface area contributed by atoms with Crippen molar-refractivity contribution in [1.29, 1.82) is 0 Å². The van der Waals surface area contributed by atoms with E-state index in [0.29, 0.717) is 11.7 Å². The Hall–Kier alpha value is -1.51. The number of benzene rings is 1. The maximum Gasteiger partial charge on any atom is 0.227 e. The van der Waals surface area contributed by atoms with Gasteiger partial charge in [0, 0.05) is 19.0 Å². The van der Waals surface area contributed by atoms with Crippen LogP contribution < -0.4 is 10.6 Å². The number of nitrogens with one attached hydrogen (secondary N) is 2. The Bertz CT molecular complexity index is 737. The summed E-state index contributed by atoms with van der Waals surface area (Å²) in [6.07, 6.45) is 0.134. The van der Waals surface area contributed by atoms with E-state index in [0.717, 1.165) is 10.2 Å². The second-order valence-corrected chi connectivity index (χ2v) is 8.26. The summed E-state index contributed by atoms with van der Waals surface area (Å²) in [6.45, 7) is 0.404. The molecule has 1 aromatic carbocycles. The summed E-state index contributed by atoms with van der Waals surface area (Å²) in [4.78, 5) is 16.3. The van der Waals surface area contributed by atoms with Crippen molar-refractivity contribution in [1.82, 2.24) is 10.3 Å². The van der Waals surface area contributed by atoms with Crippen LogP contribution in [0.25, 0.3) is 10.2 Å². The molecule has 2 aromatic rings. The Balaban J connectivity index is 1.63. The maximum absolute atomic E-state index is 12.0. The van der Waals surface area contributed by atoms with E-state index in [9.17, 15) is 13.2 Å². The molecule has 1 fully saturated rings. The number of nitrogens with zero attached hydrogens (tertiary/aromatic N) is 1. The highest BCUT2D eigenvalue weighted by atomic mass is 32.2. The summed E-state index contributed by atoms with van der Waals surface area (Å²) in [6, 6.07) is 7.32. The Labute approximate surface area is 126 Å². The Kier molecular flexibility index (Phi) is 3.92. The van der Waals surface area contributed by atoms with E-state index in [4.69, 9.17) is 0 Å². The molecule has 1 aromatic heterocycles. The number of carbonyl (C=O) groups is 1. The van der Waals surface area contributed by atoms with Gasteiger partial charge in [-0.1, -0.05) is 23.5 Å². The zero-order valence-electron chi connectivity index (χ0n) is 11.2. The lowest BCUT2D eigenvalue weighted by Crippen LogP contribution is -2.46. The van der Waals surface area contributed by atoms with Gasteiger partial charge in [-0.15, -0.1) is 0 Å². The lowest BCUT2D eigenvalue weighted by Gasteiger charge is -2.22. The standard InChI is InChI=1S/C13H15N3O3S2/c17-12(7-9-8-21(18,19)6-5-14-9)16-13-15-10-3-1-2-4-11(10)20-13/h1-4,9,14H,5-8H2,(H,15,16,17). The van der Waals surface area contributed by atoms with E-state index in [1.165, 1.54) is 11.3 Å². The number of para-hydroxylation sites is 1. The number of hydrogen-bond donors (Lipinski definition) is 2. The van der Waals surface area contributed by atoms with E-state index >= 15 is 0 Å². The molecule has 1 saturated heterocycles. The van der Waals surface area contributed by atoms with Gasteiger partial charge < -0.3 is 10.6 Å². The molecule has 0 spiro atoms. The van der Waals surface area contributed by atoms with Gasteiger partial charge in [0.15, 0.2) is 15.0 Å². The van der Waals surface area contributed by atoms with Crippen LogP contribution in [0.3, 0.4) is 0 Å². The van der Waals surface area contributed by atoms with Gasteiger partial charge in [0.25, 0.3) is 0 Å². The highest BCUT2D eigenvalue weighted by molar-refractivity contribution is 7.91. The predicted octanol–water partition coefficient (Wildman–Crippen LogP) is 1.01. The Morgan fingerprint density at radius 3 is 3.00 bits per heavy atom. The molecule has 0 radical (unpaired) electrons. The first-order valence-corrected chi connectivity index (χ1v) is 9.25. The number of sulfone groups is 1. The van der Waals surface area contributed by atoms with Crippen LogP contribution in [0.4, 0.5) is 5.13 Å². The highest BCUT2D eigenvalue weighted by Gasteiger charge is 2.26. The largest absolute Gasteiger partial charge is 0.311 e. The van der Waals surface area contributed by atoms with Crippen LogP contribution in [-0.2, 0) is 14.6 Å². The fraction of sp³-hybridized carbons (Fsp3) is 0.385. The van der Waals surface area contributed by atoms with Crippen molar-refractivity contribution in [3.63, 3.8) is 0 Å². The molecule has 1 aliphatic rings. The quantitative estimate of drug-likeness (QED) is 0.879. The van der Waals surface area contributed by atoms with Crippen molar-refractivity contribution < 1.29 is 13.2 Å². The smallest absolute Gasteiger partial charge is 0.227 e. The summed E-state index contributed by atoms with van der Waals surface area (Å²) in [5, 5.41) is 6.34. The summed E-state index contributed by atoms with van der Waals surface area (Å²) in [5.41, 5.74) is 0.844. The summed E-state index contributed by atoms with van der Waals surface area (Å²) < 4.78 is 24.1. The van der Waals surface area contributed by atoms with Gasteiger partial charge in [0.2, 0.25) is 5.91 Å². The molecule has 21 heavy (non-hydrogen) atoms. The monoisotopic (exact) mass is 325 g/mol. The molecule has 0 bridgehead atoms. The van der Waals surface area contributed by atoms with Gasteiger partial charge in [-0.05, 0) is 12.1 Å². The molecule has 1 amide bonds. The van der Waals surface area contributed by atoms with Crippen LogP contribution in [0, 0.1) is 0 Å². The third-order valence-corrected chi connectivity index (χ3v) is 5.96. The van der Waals surface area contributed by atoms with Crippen molar-refractivity contribution in [2.75, 3.05) is 23.4 Å². The molecule has 112 valence electrons. The van der Waals surface area contributed by atoms with E-state index in [-0.39, 0.29) is 29.9 Å². The van der Waals surface area contributed by atoms with E-state index in [2.05, 4.69) is 15.6 Å². The minimum absolute atomic E-state index is 0.0142. The number of hydrogen-bond acceptors (Lipinski definition) is 6. The molecular formula is C13H15N3O3S2. The normalized spacial score (nSPS) is 21.2. The van der Waals surface area contributed by atoms with Gasteiger partial charge >= 0.3 is 0 Å². The van der Waals surface area contributed by atoms with Crippen LogP contribution in [0.15, 0.2) is 24.3 Å². The number of rotatable bonds is 3. The van der Waals surface area contributed by atoms with Gasteiger partial charge in [-0.25, -0.2) is 13.4 Å². The number of amides is 1. The Morgan fingerprint density at radius 1 is 1.43 bits per heavy atom. The summed E-state index contributed by atoms with van der Waals surface area (Å²) in [7, 11) is -3.03. The maximum atomic E-state index is 12.0. The van der Waals surface area contributed by atoms with Gasteiger partial charge in [0.05, 0.1) is 21.7 Å². The molecule has 1 aliphatic heterocycles. The second-order valence-electron chi connectivity index (χ2n) is 5.00. The molecule has 1 atom stereocenters. The average molecular weight is 325 g/mol. The molecule has 2 heterocycles. The third-order valence-electron chi connectivity index (χ3n) is 3.27. The van der Waals surface area contributed by atoms with E-state index in [1.54, 1.807) is 0 Å². The molecule has 6 nitrogen and oxygen atoms in total. The predicted molar refractivity (Wildman–Crippen MR) is 83.3 cm³/mol. The fourth-order valence-electron chi connectivity index (χ4n) is 2.32. The van der Waals surface area contributed by atoms with E-state index in [1.807, 2.05) is 24.3 Å². The molecule has 1 unspecified atom stereocenters. The first-order chi connectivity index (χ1) is 10.0. The minimum Gasteiger partial charge on any atom is -0.311 e. The topological polar surface area (TPSA) is 88.2 Å². The molecular weight excluding hydrogens is 310 g/mol. The van der Waals surface area contributed by atoms with Gasteiger partial charge in [-0.2, -0.15) is 0 Å². The molecule has 8 heteroatoms. The van der Waals surface area contributed by atoms with Crippen LogP contribution in [-0.4, -0.2) is 43.4 Å². The average Bonchev–Trinajstić information content (AvgIpc) is 2.79. The molecule has 0 aliphatic carbocycles. The summed E-state index contributed by atoms with van der Waals surface area (Å²) >= 11 is 1.41. The van der Waals surface area contributed by atoms with Crippen LogP contribution >= 0.6 is 11.3 Å². The lowest BCUT2D eigenvalue weighted by atomic mass is 10.2.